The minimum absolute atomic E-state index is 0.101. The summed E-state index contributed by atoms with van der Waals surface area (Å²) in [6, 6.07) is 12.0. The lowest BCUT2D eigenvalue weighted by Crippen LogP contribution is -2.24. The number of hydrogen-bond donors (Lipinski definition) is 2. The van der Waals surface area contributed by atoms with Crippen molar-refractivity contribution in [2.24, 2.45) is 0 Å². The highest BCUT2D eigenvalue weighted by molar-refractivity contribution is 6.31. The molecule has 0 aliphatic heterocycles. The summed E-state index contributed by atoms with van der Waals surface area (Å²) in [6.07, 6.45) is 0. The van der Waals surface area contributed by atoms with Crippen LogP contribution in [0.2, 0.25) is 5.02 Å². The topological polar surface area (TPSA) is 66.9 Å². The van der Waals surface area contributed by atoms with E-state index >= 15 is 0 Å². The summed E-state index contributed by atoms with van der Waals surface area (Å²) in [5, 5.41) is 6.05. The number of carbonyl (C=O) groups is 1. The zero-order chi connectivity index (χ0) is 19.4. The largest absolute Gasteiger partial charge is 0.347 e. The highest BCUT2D eigenvalue weighted by Crippen LogP contribution is 2.18. The Balaban J connectivity index is 1.75. The van der Waals surface area contributed by atoms with E-state index in [1.54, 1.807) is 19.1 Å². The first-order valence-electron chi connectivity index (χ1n) is 8.02. The van der Waals surface area contributed by atoms with Crippen LogP contribution in [-0.2, 0) is 6.54 Å². The molecule has 0 radical (unpaired) electrons. The van der Waals surface area contributed by atoms with Gasteiger partial charge in [0.25, 0.3) is 5.91 Å². The number of carbonyl (C=O) groups excluding carboxylic acids is 1. The molecular weight excluding hydrogens is 374 g/mol. The van der Waals surface area contributed by atoms with Gasteiger partial charge in [-0.05, 0) is 36.8 Å². The SMILES string of the molecule is Cc1cc(C(=O)NCc2ccccc2Cl)nc(Nc2ccc(F)c(F)c2)n1. The third-order valence-corrected chi connectivity index (χ3v) is 4.03. The average molecular weight is 389 g/mol. The molecule has 2 aromatic carbocycles. The number of benzene rings is 2. The maximum absolute atomic E-state index is 13.3. The third-order valence-electron chi connectivity index (χ3n) is 3.66. The number of aromatic nitrogens is 2. The second-order valence-corrected chi connectivity index (χ2v) is 6.15. The monoisotopic (exact) mass is 388 g/mol. The highest BCUT2D eigenvalue weighted by Gasteiger charge is 2.12. The van der Waals surface area contributed by atoms with Gasteiger partial charge < -0.3 is 10.6 Å². The minimum Gasteiger partial charge on any atom is -0.347 e. The van der Waals surface area contributed by atoms with Crippen LogP contribution < -0.4 is 10.6 Å². The van der Waals surface area contributed by atoms with E-state index in [9.17, 15) is 13.6 Å². The van der Waals surface area contributed by atoms with E-state index in [4.69, 9.17) is 11.6 Å². The van der Waals surface area contributed by atoms with Gasteiger partial charge in [0, 0.05) is 29.0 Å². The lowest BCUT2D eigenvalue weighted by molar-refractivity contribution is 0.0946. The predicted molar refractivity (Wildman–Crippen MR) is 99.0 cm³/mol. The minimum atomic E-state index is -0.995. The fraction of sp³-hybridized carbons (Fsp3) is 0.105. The number of hydrogen-bond acceptors (Lipinski definition) is 4. The molecule has 0 saturated heterocycles. The summed E-state index contributed by atoms with van der Waals surface area (Å²) >= 11 is 6.07. The van der Waals surface area contributed by atoms with Crippen molar-refractivity contribution in [3.8, 4) is 0 Å². The van der Waals surface area contributed by atoms with Gasteiger partial charge in [0.2, 0.25) is 5.95 Å². The van der Waals surface area contributed by atoms with E-state index in [1.807, 2.05) is 12.1 Å². The van der Waals surface area contributed by atoms with Gasteiger partial charge in [-0.2, -0.15) is 0 Å². The molecule has 0 unspecified atom stereocenters. The molecule has 5 nitrogen and oxygen atoms in total. The van der Waals surface area contributed by atoms with Crippen LogP contribution in [-0.4, -0.2) is 15.9 Å². The van der Waals surface area contributed by atoms with E-state index < -0.39 is 17.5 Å². The van der Waals surface area contributed by atoms with Gasteiger partial charge in [-0.25, -0.2) is 18.7 Å². The molecule has 2 N–H and O–H groups in total. The molecule has 0 atom stereocenters. The summed E-state index contributed by atoms with van der Waals surface area (Å²) in [5.74, 6) is -2.26. The van der Waals surface area contributed by atoms with E-state index in [0.717, 1.165) is 17.7 Å². The molecular formula is C19H15ClF2N4O. The number of nitrogens with one attached hydrogen (secondary N) is 2. The first kappa shape index (κ1) is 18.7. The standard InChI is InChI=1S/C19H15ClF2N4O/c1-11-8-17(18(27)23-10-12-4-2-3-5-14(12)20)26-19(24-11)25-13-6-7-15(21)16(22)9-13/h2-9H,10H2,1H3,(H,23,27)(H,24,25,26). The van der Waals surface area contributed by atoms with Crippen LogP contribution in [0.5, 0.6) is 0 Å². The predicted octanol–water partition coefficient (Wildman–Crippen LogP) is 4.39. The van der Waals surface area contributed by atoms with Crippen molar-refractivity contribution >= 4 is 29.1 Å². The van der Waals surface area contributed by atoms with Gasteiger partial charge in [0.05, 0.1) is 0 Å². The molecule has 0 saturated carbocycles. The third kappa shape index (κ3) is 4.77. The maximum atomic E-state index is 13.3. The first-order valence-corrected chi connectivity index (χ1v) is 8.39. The average Bonchev–Trinajstić information content (AvgIpc) is 2.63. The number of anilines is 2. The lowest BCUT2D eigenvalue weighted by Gasteiger charge is -2.10. The molecule has 0 fully saturated rings. The van der Waals surface area contributed by atoms with Gasteiger partial charge in [0.15, 0.2) is 11.6 Å². The number of aryl methyl sites for hydroxylation is 1. The summed E-state index contributed by atoms with van der Waals surface area (Å²) < 4.78 is 26.4. The molecule has 138 valence electrons. The fourth-order valence-electron chi connectivity index (χ4n) is 2.35. The molecule has 0 aliphatic rings. The molecule has 1 aromatic heterocycles. The Labute approximate surface area is 159 Å². The molecule has 27 heavy (non-hydrogen) atoms. The van der Waals surface area contributed by atoms with Crippen LogP contribution in [0.1, 0.15) is 21.7 Å². The fourth-order valence-corrected chi connectivity index (χ4v) is 2.55. The van der Waals surface area contributed by atoms with Crippen LogP contribution in [0.15, 0.2) is 48.5 Å². The zero-order valence-electron chi connectivity index (χ0n) is 14.3. The second-order valence-electron chi connectivity index (χ2n) is 5.75. The Kier molecular flexibility index (Phi) is 5.61. The zero-order valence-corrected chi connectivity index (χ0v) is 15.0. The number of halogens is 3. The molecule has 3 aromatic rings. The van der Waals surface area contributed by atoms with Crippen molar-refractivity contribution in [1.82, 2.24) is 15.3 Å². The summed E-state index contributed by atoms with van der Waals surface area (Å²) in [4.78, 5) is 20.7. The molecule has 8 heteroatoms. The van der Waals surface area contributed by atoms with Gasteiger partial charge in [-0.1, -0.05) is 29.8 Å². The molecule has 1 amide bonds. The maximum Gasteiger partial charge on any atom is 0.270 e. The Morgan fingerprint density at radius 1 is 1.07 bits per heavy atom. The van der Waals surface area contributed by atoms with Gasteiger partial charge >= 0.3 is 0 Å². The molecule has 0 spiro atoms. The Morgan fingerprint density at radius 3 is 2.59 bits per heavy atom. The normalized spacial score (nSPS) is 10.5. The smallest absolute Gasteiger partial charge is 0.270 e. The van der Waals surface area contributed by atoms with E-state index in [1.165, 1.54) is 12.1 Å². The van der Waals surface area contributed by atoms with Crippen molar-refractivity contribution in [2.75, 3.05) is 5.32 Å². The van der Waals surface area contributed by atoms with Gasteiger partial charge in [-0.15, -0.1) is 0 Å². The van der Waals surface area contributed by atoms with Crippen LogP contribution >= 0.6 is 11.6 Å². The molecule has 3 rings (SSSR count). The Bertz CT molecular complexity index is 997. The number of rotatable bonds is 5. The van der Waals surface area contributed by atoms with Crippen molar-refractivity contribution in [2.45, 2.75) is 13.5 Å². The van der Waals surface area contributed by atoms with Crippen molar-refractivity contribution in [1.29, 1.82) is 0 Å². The Morgan fingerprint density at radius 2 is 1.85 bits per heavy atom. The molecule has 0 aliphatic carbocycles. The highest BCUT2D eigenvalue weighted by atomic mass is 35.5. The summed E-state index contributed by atoms with van der Waals surface area (Å²) in [5.41, 5.74) is 1.72. The summed E-state index contributed by atoms with van der Waals surface area (Å²) in [7, 11) is 0. The summed E-state index contributed by atoms with van der Waals surface area (Å²) in [6.45, 7) is 1.94. The lowest BCUT2D eigenvalue weighted by atomic mass is 10.2. The van der Waals surface area contributed by atoms with Crippen LogP contribution in [0.25, 0.3) is 0 Å². The van der Waals surface area contributed by atoms with Crippen molar-refractivity contribution < 1.29 is 13.6 Å². The number of amides is 1. The van der Waals surface area contributed by atoms with Crippen molar-refractivity contribution in [3.05, 3.63) is 82.1 Å². The number of nitrogens with zero attached hydrogens (tertiary/aromatic N) is 2. The molecule has 1 heterocycles. The van der Waals surface area contributed by atoms with E-state index in [-0.39, 0.29) is 23.9 Å². The first-order chi connectivity index (χ1) is 12.9. The van der Waals surface area contributed by atoms with Crippen LogP contribution in [0.3, 0.4) is 0 Å². The quantitative estimate of drug-likeness (QED) is 0.680. The van der Waals surface area contributed by atoms with E-state index in [0.29, 0.717) is 10.7 Å². The van der Waals surface area contributed by atoms with Gasteiger partial charge in [-0.3, -0.25) is 4.79 Å². The van der Waals surface area contributed by atoms with Crippen LogP contribution in [0.4, 0.5) is 20.4 Å². The molecule has 0 bridgehead atoms. The van der Waals surface area contributed by atoms with Crippen molar-refractivity contribution in [3.63, 3.8) is 0 Å². The Hall–Kier alpha value is -3.06. The second kappa shape index (κ2) is 8.09. The van der Waals surface area contributed by atoms with Crippen LogP contribution in [0, 0.1) is 18.6 Å². The van der Waals surface area contributed by atoms with Gasteiger partial charge in [0.1, 0.15) is 5.69 Å². The van der Waals surface area contributed by atoms with E-state index in [2.05, 4.69) is 20.6 Å².